The van der Waals surface area contributed by atoms with Crippen molar-refractivity contribution in [3.63, 3.8) is 0 Å². The number of allylic oxidation sites excluding steroid dienone is 2. The highest BCUT2D eigenvalue weighted by molar-refractivity contribution is 7.90. The second kappa shape index (κ2) is 7.86. The molecular formula is C19H23N3O3S. The number of amides is 1. The molecule has 26 heavy (non-hydrogen) atoms. The number of benzene rings is 1. The lowest BCUT2D eigenvalue weighted by Crippen LogP contribution is -2.40. The van der Waals surface area contributed by atoms with E-state index in [0.29, 0.717) is 12.2 Å². The van der Waals surface area contributed by atoms with Crippen molar-refractivity contribution in [3.05, 3.63) is 53.8 Å². The molecule has 2 heterocycles. The van der Waals surface area contributed by atoms with E-state index in [2.05, 4.69) is 16.6 Å². The number of rotatable bonds is 6. The van der Waals surface area contributed by atoms with Crippen LogP contribution in [0.5, 0.6) is 0 Å². The normalized spacial score (nSPS) is 18.0. The Morgan fingerprint density at radius 2 is 2.00 bits per heavy atom. The van der Waals surface area contributed by atoms with Crippen LogP contribution in [0, 0.1) is 0 Å². The van der Waals surface area contributed by atoms with E-state index in [1.54, 1.807) is 23.3 Å². The van der Waals surface area contributed by atoms with Crippen LogP contribution in [0.4, 0.5) is 5.69 Å². The van der Waals surface area contributed by atoms with E-state index in [4.69, 9.17) is 0 Å². The van der Waals surface area contributed by atoms with Gasteiger partial charge in [0.15, 0.2) is 5.84 Å². The van der Waals surface area contributed by atoms with Crippen molar-refractivity contribution < 1.29 is 13.2 Å². The van der Waals surface area contributed by atoms with Crippen molar-refractivity contribution in [1.29, 1.82) is 0 Å². The molecule has 0 atom stereocenters. The van der Waals surface area contributed by atoms with Gasteiger partial charge >= 0.3 is 0 Å². The van der Waals surface area contributed by atoms with Gasteiger partial charge in [0.05, 0.1) is 11.3 Å². The number of amidine groups is 1. The van der Waals surface area contributed by atoms with Crippen LogP contribution >= 0.6 is 0 Å². The minimum absolute atomic E-state index is 0.0464. The fourth-order valence-corrected chi connectivity index (χ4v) is 3.91. The van der Waals surface area contributed by atoms with E-state index in [-0.39, 0.29) is 23.1 Å². The van der Waals surface area contributed by atoms with Gasteiger partial charge in [0.1, 0.15) is 0 Å². The topological polar surface area (TPSA) is 78.8 Å². The van der Waals surface area contributed by atoms with Gasteiger partial charge in [-0.25, -0.2) is 8.42 Å². The Kier molecular flexibility index (Phi) is 5.56. The molecule has 7 heteroatoms. The number of carbonyl (C=O) groups is 1. The third kappa shape index (κ3) is 4.40. The highest BCUT2D eigenvalue weighted by Gasteiger charge is 2.29. The molecule has 1 amide bonds. The van der Waals surface area contributed by atoms with E-state index in [9.17, 15) is 13.2 Å². The number of nitrogens with zero attached hydrogens (tertiary/aromatic N) is 2. The molecule has 138 valence electrons. The summed E-state index contributed by atoms with van der Waals surface area (Å²) in [4.78, 5) is 14.3. The molecule has 0 fully saturated rings. The van der Waals surface area contributed by atoms with Gasteiger partial charge in [-0.15, -0.1) is 4.40 Å². The maximum Gasteiger partial charge on any atom is 0.259 e. The average molecular weight is 373 g/mol. The fourth-order valence-electron chi connectivity index (χ4n) is 2.93. The number of carbonyl (C=O) groups excluding carboxylic acids is 1. The largest absolute Gasteiger partial charge is 0.331 e. The minimum Gasteiger partial charge on any atom is -0.331 e. The van der Waals surface area contributed by atoms with Crippen LogP contribution in [0.1, 0.15) is 31.7 Å². The molecule has 1 aromatic carbocycles. The number of nitrogens with one attached hydrogen (secondary N) is 1. The number of anilines is 1. The molecule has 0 saturated heterocycles. The standard InChI is InChI=1S/C19H23N3O3S/c1-2-3-4-6-15-8-10-16(11-9-15)20-19(23)17-7-5-12-22-13-14-26(24,25)21-18(17)22/h5,7-12H,2-4,6,13-14H2,1H3,(H,20,23). The smallest absolute Gasteiger partial charge is 0.259 e. The molecule has 1 aromatic rings. The number of hydrogen-bond acceptors (Lipinski definition) is 4. The highest BCUT2D eigenvalue weighted by atomic mass is 32.2. The van der Waals surface area contributed by atoms with Crippen molar-refractivity contribution in [3.8, 4) is 0 Å². The zero-order valence-corrected chi connectivity index (χ0v) is 15.6. The van der Waals surface area contributed by atoms with Crippen LogP contribution < -0.4 is 5.32 Å². The molecule has 0 saturated carbocycles. The maximum absolute atomic E-state index is 12.6. The monoisotopic (exact) mass is 373 g/mol. The SMILES string of the molecule is CCCCCc1ccc(NC(=O)C2=CC=CN3CCS(=O)(=O)N=C23)cc1. The summed E-state index contributed by atoms with van der Waals surface area (Å²) in [5.74, 6) is -0.226. The van der Waals surface area contributed by atoms with E-state index in [1.807, 2.05) is 24.3 Å². The summed E-state index contributed by atoms with van der Waals surface area (Å²) in [6, 6.07) is 7.76. The summed E-state index contributed by atoms with van der Waals surface area (Å²) in [6.07, 6.45) is 9.63. The predicted octanol–water partition coefficient (Wildman–Crippen LogP) is 2.86. The van der Waals surface area contributed by atoms with Gasteiger partial charge in [-0.05, 0) is 42.7 Å². The summed E-state index contributed by atoms with van der Waals surface area (Å²) in [5, 5.41) is 2.82. The molecule has 2 aliphatic heterocycles. The van der Waals surface area contributed by atoms with Gasteiger partial charge in [-0.1, -0.05) is 31.9 Å². The van der Waals surface area contributed by atoms with Crippen LogP contribution in [0.25, 0.3) is 0 Å². The van der Waals surface area contributed by atoms with Crippen molar-refractivity contribution in [2.24, 2.45) is 4.40 Å². The molecule has 0 bridgehead atoms. The number of aryl methyl sites for hydroxylation is 1. The molecule has 3 rings (SSSR count). The Morgan fingerprint density at radius 3 is 2.73 bits per heavy atom. The molecule has 6 nitrogen and oxygen atoms in total. The Morgan fingerprint density at radius 1 is 1.23 bits per heavy atom. The highest BCUT2D eigenvalue weighted by Crippen LogP contribution is 2.20. The number of sulfonamides is 1. The molecule has 0 aromatic heterocycles. The molecule has 1 N–H and O–H groups in total. The van der Waals surface area contributed by atoms with E-state index in [1.165, 1.54) is 18.4 Å². The molecule has 0 unspecified atom stereocenters. The maximum atomic E-state index is 12.6. The number of hydrogen-bond donors (Lipinski definition) is 1. The Bertz CT molecular complexity index is 868. The van der Waals surface area contributed by atoms with Crippen LogP contribution in [-0.4, -0.2) is 37.4 Å². The van der Waals surface area contributed by atoms with E-state index >= 15 is 0 Å². The Hall–Kier alpha value is -2.41. The van der Waals surface area contributed by atoms with Crippen molar-refractivity contribution in [1.82, 2.24) is 4.90 Å². The lowest BCUT2D eigenvalue weighted by atomic mass is 10.1. The molecular weight excluding hydrogens is 350 g/mol. The van der Waals surface area contributed by atoms with E-state index in [0.717, 1.165) is 12.8 Å². The van der Waals surface area contributed by atoms with E-state index < -0.39 is 10.0 Å². The third-order valence-corrected chi connectivity index (χ3v) is 5.53. The lowest BCUT2D eigenvalue weighted by molar-refractivity contribution is -0.112. The van der Waals surface area contributed by atoms with Crippen LogP contribution in [-0.2, 0) is 21.2 Å². The first-order valence-corrected chi connectivity index (χ1v) is 10.5. The van der Waals surface area contributed by atoms with Gasteiger partial charge in [0.25, 0.3) is 15.9 Å². The molecule has 2 aliphatic rings. The quantitative estimate of drug-likeness (QED) is 0.778. The van der Waals surface area contributed by atoms with Crippen molar-refractivity contribution in [2.75, 3.05) is 17.6 Å². The minimum atomic E-state index is -3.52. The van der Waals surface area contributed by atoms with Crippen LogP contribution in [0.3, 0.4) is 0 Å². The fraction of sp³-hybridized carbons (Fsp3) is 0.368. The van der Waals surface area contributed by atoms with Gasteiger partial charge in [0.2, 0.25) is 0 Å². The summed E-state index contributed by atoms with van der Waals surface area (Å²) in [5.41, 5.74) is 2.17. The van der Waals surface area contributed by atoms with Crippen molar-refractivity contribution in [2.45, 2.75) is 32.6 Å². The first kappa shape index (κ1) is 18.4. The van der Waals surface area contributed by atoms with Gasteiger partial charge in [0, 0.05) is 18.4 Å². The summed E-state index contributed by atoms with van der Waals surface area (Å²) >= 11 is 0. The summed E-state index contributed by atoms with van der Waals surface area (Å²) in [7, 11) is -3.52. The molecule has 0 radical (unpaired) electrons. The summed E-state index contributed by atoms with van der Waals surface area (Å²) in [6.45, 7) is 2.48. The Labute approximate surface area is 154 Å². The molecule has 0 spiro atoms. The first-order valence-electron chi connectivity index (χ1n) is 8.87. The second-order valence-corrected chi connectivity index (χ2v) is 8.18. The third-order valence-electron chi connectivity index (χ3n) is 4.38. The number of fused-ring (bicyclic) bond motifs is 1. The number of unbranched alkanes of at least 4 members (excludes halogenated alkanes) is 2. The Balaban J connectivity index is 1.70. The average Bonchev–Trinajstić information content (AvgIpc) is 2.62. The predicted molar refractivity (Wildman–Crippen MR) is 103 cm³/mol. The van der Waals surface area contributed by atoms with Crippen LogP contribution in [0.15, 0.2) is 52.6 Å². The zero-order valence-electron chi connectivity index (χ0n) is 14.8. The first-order chi connectivity index (χ1) is 12.5. The van der Waals surface area contributed by atoms with Crippen molar-refractivity contribution >= 4 is 27.5 Å². The lowest BCUT2D eigenvalue weighted by Gasteiger charge is -2.28. The zero-order chi connectivity index (χ0) is 18.6. The van der Waals surface area contributed by atoms with Gasteiger partial charge in [-0.3, -0.25) is 4.79 Å². The second-order valence-electron chi connectivity index (χ2n) is 6.42. The van der Waals surface area contributed by atoms with Crippen LogP contribution in [0.2, 0.25) is 0 Å². The molecule has 0 aliphatic carbocycles. The van der Waals surface area contributed by atoms with Gasteiger partial charge < -0.3 is 10.2 Å². The summed E-state index contributed by atoms with van der Waals surface area (Å²) < 4.78 is 27.3. The van der Waals surface area contributed by atoms with Gasteiger partial charge in [-0.2, -0.15) is 0 Å².